The van der Waals surface area contributed by atoms with Gasteiger partial charge < -0.3 is 48.8 Å². The summed E-state index contributed by atoms with van der Waals surface area (Å²) < 4.78 is 33.8. The van der Waals surface area contributed by atoms with Crippen molar-refractivity contribution >= 4 is 0 Å². The molecule has 2 aromatic rings. The van der Waals surface area contributed by atoms with Gasteiger partial charge in [0.15, 0.2) is 11.5 Å². The number of aliphatic hydroxyl groups excluding tert-OH is 4. The smallest absolute Gasteiger partial charge is 0.229 e. The van der Waals surface area contributed by atoms with Crippen molar-refractivity contribution in [2.75, 3.05) is 27.9 Å². The highest BCUT2D eigenvalue weighted by Crippen LogP contribution is 2.44. The quantitative estimate of drug-likeness (QED) is 0.455. The third kappa shape index (κ3) is 4.59. The topological polar surface area (TPSA) is 136 Å². The molecule has 6 atom stereocenters. The highest BCUT2D eigenvalue weighted by molar-refractivity contribution is 5.52. The lowest BCUT2D eigenvalue weighted by Crippen LogP contribution is -2.60. The fourth-order valence-electron chi connectivity index (χ4n) is 4.24. The number of rotatable bonds is 7. The molecule has 186 valence electrons. The zero-order chi connectivity index (χ0) is 24.4. The Hall–Kier alpha value is -2.76. The number of benzene rings is 2. The standard InChI is InChI=1S/C24H30O10/c1-29-13-9-17-14(5-7-15(32-17)12-4-6-16(30-2)19(8-12)31-3)18(10-13)33-24-23(28)22(27)21(26)20(11-25)34-24/h4,6,8-10,15,20-28H,5,7,11H2,1-3H3/t15-,20+,21-,22+,23+,24-/m1/s1. The predicted octanol–water partition coefficient (Wildman–Crippen LogP) is 0.957. The van der Waals surface area contributed by atoms with E-state index in [0.717, 1.165) is 11.1 Å². The molecule has 2 heterocycles. The summed E-state index contributed by atoms with van der Waals surface area (Å²) in [5, 5.41) is 39.9. The molecular formula is C24H30O10. The highest BCUT2D eigenvalue weighted by Gasteiger charge is 2.45. The second kappa shape index (κ2) is 10.2. The summed E-state index contributed by atoms with van der Waals surface area (Å²) in [7, 11) is 4.66. The number of ether oxygens (including phenoxy) is 6. The van der Waals surface area contributed by atoms with Gasteiger partial charge in [0.05, 0.1) is 27.9 Å². The average molecular weight is 478 g/mol. The Balaban J connectivity index is 1.60. The molecular weight excluding hydrogens is 448 g/mol. The molecule has 1 fully saturated rings. The third-order valence-corrected chi connectivity index (χ3v) is 6.17. The lowest BCUT2D eigenvalue weighted by Gasteiger charge is -2.40. The molecule has 0 aromatic heterocycles. The van der Waals surface area contributed by atoms with E-state index in [1.54, 1.807) is 26.4 Å². The Labute approximate surface area is 197 Å². The molecule has 4 rings (SSSR count). The first kappa shape index (κ1) is 24.4. The van der Waals surface area contributed by atoms with Crippen LogP contribution in [-0.4, -0.2) is 79.1 Å². The van der Waals surface area contributed by atoms with Crippen LogP contribution in [0, 0.1) is 0 Å². The Bertz CT molecular complexity index is 994. The van der Waals surface area contributed by atoms with E-state index in [9.17, 15) is 20.4 Å². The van der Waals surface area contributed by atoms with Crippen LogP contribution in [0.5, 0.6) is 28.7 Å². The van der Waals surface area contributed by atoms with Crippen LogP contribution < -0.4 is 23.7 Å². The molecule has 10 nitrogen and oxygen atoms in total. The van der Waals surface area contributed by atoms with Gasteiger partial charge in [0.1, 0.15) is 47.8 Å². The molecule has 2 aromatic carbocycles. The van der Waals surface area contributed by atoms with Crippen LogP contribution in [0.25, 0.3) is 0 Å². The SMILES string of the molecule is COc1cc(O[C@@H]2O[C@@H](CO)[C@@H](O)[C@H](O)[C@@H]2O)c2c(c1)O[C@@H](c1ccc(OC)c(OC)c1)CC2. The van der Waals surface area contributed by atoms with Gasteiger partial charge in [0.25, 0.3) is 0 Å². The van der Waals surface area contributed by atoms with Crippen molar-refractivity contribution < 1.29 is 48.8 Å². The Kier molecular flexibility index (Phi) is 7.34. The number of hydrogen-bond acceptors (Lipinski definition) is 10. The first-order valence-electron chi connectivity index (χ1n) is 11.0. The van der Waals surface area contributed by atoms with E-state index in [1.165, 1.54) is 7.11 Å². The van der Waals surface area contributed by atoms with Crippen LogP contribution >= 0.6 is 0 Å². The molecule has 0 saturated carbocycles. The minimum absolute atomic E-state index is 0.250. The molecule has 0 aliphatic carbocycles. The molecule has 0 radical (unpaired) electrons. The van der Waals surface area contributed by atoms with Crippen molar-refractivity contribution in [1.82, 2.24) is 0 Å². The lowest BCUT2D eigenvalue weighted by atomic mass is 9.96. The minimum atomic E-state index is -1.54. The molecule has 0 spiro atoms. The molecule has 0 unspecified atom stereocenters. The van der Waals surface area contributed by atoms with Gasteiger partial charge in [-0.1, -0.05) is 6.07 Å². The van der Waals surface area contributed by atoms with Crippen LogP contribution in [0.1, 0.15) is 23.7 Å². The predicted molar refractivity (Wildman–Crippen MR) is 119 cm³/mol. The summed E-state index contributed by atoms with van der Waals surface area (Å²) in [6.45, 7) is -0.545. The first-order chi connectivity index (χ1) is 16.4. The van der Waals surface area contributed by atoms with Gasteiger partial charge in [-0.15, -0.1) is 0 Å². The molecule has 1 saturated heterocycles. The first-order valence-corrected chi connectivity index (χ1v) is 11.0. The summed E-state index contributed by atoms with van der Waals surface area (Å²) in [6, 6.07) is 9.01. The van der Waals surface area contributed by atoms with Crippen molar-refractivity contribution in [3.05, 3.63) is 41.5 Å². The average Bonchev–Trinajstić information content (AvgIpc) is 2.87. The largest absolute Gasteiger partial charge is 0.496 e. The van der Waals surface area contributed by atoms with Crippen LogP contribution in [0.2, 0.25) is 0 Å². The van der Waals surface area contributed by atoms with E-state index in [2.05, 4.69) is 0 Å². The van der Waals surface area contributed by atoms with Crippen molar-refractivity contribution in [3.8, 4) is 28.7 Å². The normalized spacial score (nSPS) is 28.4. The van der Waals surface area contributed by atoms with Crippen LogP contribution in [-0.2, 0) is 11.2 Å². The summed E-state index contributed by atoms with van der Waals surface area (Å²) in [4.78, 5) is 0. The van der Waals surface area contributed by atoms with Gasteiger partial charge in [-0.3, -0.25) is 0 Å². The van der Waals surface area contributed by atoms with E-state index < -0.39 is 37.3 Å². The van der Waals surface area contributed by atoms with E-state index in [1.807, 2.05) is 18.2 Å². The Morgan fingerprint density at radius 3 is 2.32 bits per heavy atom. The van der Waals surface area contributed by atoms with Crippen LogP contribution in [0.15, 0.2) is 30.3 Å². The summed E-state index contributed by atoms with van der Waals surface area (Å²) in [5.74, 6) is 2.59. The fraction of sp³-hybridized carbons (Fsp3) is 0.500. The Morgan fingerprint density at radius 1 is 0.882 bits per heavy atom. The second-order valence-electron chi connectivity index (χ2n) is 8.18. The lowest BCUT2D eigenvalue weighted by molar-refractivity contribution is -0.277. The molecule has 4 N–H and O–H groups in total. The van der Waals surface area contributed by atoms with Gasteiger partial charge >= 0.3 is 0 Å². The zero-order valence-electron chi connectivity index (χ0n) is 19.2. The summed E-state index contributed by atoms with van der Waals surface area (Å²) >= 11 is 0. The monoisotopic (exact) mass is 478 g/mol. The van der Waals surface area contributed by atoms with Crippen molar-refractivity contribution in [2.24, 2.45) is 0 Å². The van der Waals surface area contributed by atoms with Crippen molar-refractivity contribution in [2.45, 2.75) is 49.7 Å². The molecule has 0 amide bonds. The number of fused-ring (bicyclic) bond motifs is 1. The fourth-order valence-corrected chi connectivity index (χ4v) is 4.24. The van der Waals surface area contributed by atoms with Crippen LogP contribution in [0.4, 0.5) is 0 Å². The third-order valence-electron chi connectivity index (χ3n) is 6.17. The van der Waals surface area contributed by atoms with Crippen molar-refractivity contribution in [1.29, 1.82) is 0 Å². The number of aliphatic hydroxyl groups is 4. The van der Waals surface area contributed by atoms with E-state index >= 15 is 0 Å². The molecule has 0 bridgehead atoms. The van der Waals surface area contributed by atoms with Gasteiger partial charge in [-0.05, 0) is 30.5 Å². The molecule has 10 heteroatoms. The summed E-state index contributed by atoms with van der Waals surface area (Å²) in [5.41, 5.74) is 1.66. The maximum Gasteiger partial charge on any atom is 0.229 e. The maximum atomic E-state index is 10.4. The molecule has 2 aliphatic rings. The van der Waals surface area contributed by atoms with E-state index in [-0.39, 0.29) is 6.10 Å². The highest BCUT2D eigenvalue weighted by atomic mass is 16.7. The minimum Gasteiger partial charge on any atom is -0.496 e. The van der Waals surface area contributed by atoms with Crippen LogP contribution in [0.3, 0.4) is 0 Å². The molecule has 34 heavy (non-hydrogen) atoms. The van der Waals surface area contributed by atoms with Gasteiger partial charge in [-0.25, -0.2) is 0 Å². The van der Waals surface area contributed by atoms with E-state index in [4.69, 9.17) is 28.4 Å². The Morgan fingerprint density at radius 2 is 1.65 bits per heavy atom. The zero-order valence-corrected chi connectivity index (χ0v) is 19.2. The molecule has 2 aliphatic heterocycles. The number of methoxy groups -OCH3 is 3. The van der Waals surface area contributed by atoms with Gasteiger partial charge in [0.2, 0.25) is 6.29 Å². The van der Waals surface area contributed by atoms with Gasteiger partial charge in [-0.2, -0.15) is 0 Å². The summed E-state index contributed by atoms with van der Waals surface area (Å²) in [6.07, 6.45) is -5.94. The van der Waals surface area contributed by atoms with Gasteiger partial charge in [0, 0.05) is 17.7 Å². The van der Waals surface area contributed by atoms with Crippen molar-refractivity contribution in [3.63, 3.8) is 0 Å². The maximum absolute atomic E-state index is 10.4. The van der Waals surface area contributed by atoms with E-state index in [0.29, 0.717) is 41.6 Å². The number of hydrogen-bond donors (Lipinski definition) is 4. The second-order valence-corrected chi connectivity index (χ2v) is 8.18.